The second-order valence-corrected chi connectivity index (χ2v) is 33.0. The highest BCUT2D eigenvalue weighted by molar-refractivity contribution is 7.47. The summed E-state index contributed by atoms with van der Waals surface area (Å²) in [6, 6.07) is 0. The Labute approximate surface area is 600 Å². The average molecular weight is 1440 g/mol. The van der Waals surface area contributed by atoms with Crippen LogP contribution in [0.3, 0.4) is 0 Å². The van der Waals surface area contributed by atoms with Gasteiger partial charge in [0.2, 0.25) is 0 Å². The third-order valence-electron chi connectivity index (χ3n) is 18.7. The molecule has 0 radical (unpaired) electrons. The monoisotopic (exact) mass is 1440 g/mol. The molecular weight excluding hydrogens is 1280 g/mol. The van der Waals surface area contributed by atoms with Crippen LogP contribution in [0.4, 0.5) is 0 Å². The summed E-state index contributed by atoms with van der Waals surface area (Å²) in [5, 5.41) is 10.6. The first kappa shape index (κ1) is 96.1. The van der Waals surface area contributed by atoms with Crippen LogP contribution in [0.25, 0.3) is 0 Å². The minimum absolute atomic E-state index is 0.103. The number of carbonyl (C=O) groups is 4. The molecule has 0 aromatic rings. The number of esters is 4. The maximum Gasteiger partial charge on any atom is 0.472 e. The number of rotatable bonds is 76. The van der Waals surface area contributed by atoms with Crippen molar-refractivity contribution in [1.82, 2.24) is 0 Å². The summed E-state index contributed by atoms with van der Waals surface area (Å²) >= 11 is 0. The predicted octanol–water partition coefficient (Wildman–Crippen LogP) is 23.2. The first-order chi connectivity index (χ1) is 47.1. The van der Waals surface area contributed by atoms with Crippen LogP contribution in [0.1, 0.15) is 402 Å². The molecule has 0 amide bonds. The summed E-state index contributed by atoms with van der Waals surface area (Å²) in [6.07, 6.45) is 54.3. The molecule has 98 heavy (non-hydrogen) atoms. The van der Waals surface area contributed by atoms with Gasteiger partial charge in [0.1, 0.15) is 19.3 Å². The Balaban J connectivity index is 5.22. The van der Waals surface area contributed by atoms with E-state index in [4.69, 9.17) is 37.0 Å². The third-order valence-corrected chi connectivity index (χ3v) is 20.6. The molecule has 17 nitrogen and oxygen atoms in total. The van der Waals surface area contributed by atoms with Crippen LogP contribution < -0.4 is 0 Å². The lowest BCUT2D eigenvalue weighted by Gasteiger charge is -2.21. The van der Waals surface area contributed by atoms with Crippen LogP contribution in [0.5, 0.6) is 0 Å². The Morgan fingerprint density at radius 1 is 0.286 bits per heavy atom. The SMILES string of the molecule is CCC(C)CCCCCCCCCCCCCCCCC(=O)OC[C@H](COP(=O)(O)OCC(O)COP(=O)(O)OC[C@@H](COC(=O)CCCCCCCCCCC(C)C)OC(=O)CCCCCCCCCC(C)C)OC(=O)CCCCCCCCCCCCCCCCCCC(C)C. The fourth-order valence-electron chi connectivity index (χ4n) is 12.0. The van der Waals surface area contributed by atoms with Crippen molar-refractivity contribution in [2.75, 3.05) is 39.6 Å². The molecule has 0 saturated heterocycles. The average Bonchev–Trinajstić information content (AvgIpc) is 1.01. The summed E-state index contributed by atoms with van der Waals surface area (Å²) in [6.45, 7) is 14.2. The minimum Gasteiger partial charge on any atom is -0.462 e. The molecule has 0 aromatic heterocycles. The second-order valence-electron chi connectivity index (χ2n) is 30.1. The Hall–Kier alpha value is -1.94. The summed E-state index contributed by atoms with van der Waals surface area (Å²) in [5.74, 6) is 0.962. The van der Waals surface area contributed by atoms with Gasteiger partial charge < -0.3 is 33.8 Å². The van der Waals surface area contributed by atoms with E-state index in [1.54, 1.807) is 0 Å². The fraction of sp³-hybridized carbons (Fsp3) is 0.949. The van der Waals surface area contributed by atoms with Crippen LogP contribution in [0.15, 0.2) is 0 Å². The summed E-state index contributed by atoms with van der Waals surface area (Å²) < 4.78 is 68.6. The normalized spacial score (nSPS) is 14.3. The predicted molar refractivity (Wildman–Crippen MR) is 400 cm³/mol. The molecule has 0 aromatic carbocycles. The molecule has 19 heteroatoms. The molecular formula is C79H154O17P2. The van der Waals surface area contributed by atoms with Gasteiger partial charge in [-0.3, -0.25) is 37.3 Å². The fourth-order valence-corrected chi connectivity index (χ4v) is 13.6. The van der Waals surface area contributed by atoms with Crippen molar-refractivity contribution in [3.8, 4) is 0 Å². The van der Waals surface area contributed by atoms with Crippen molar-refractivity contribution >= 4 is 39.5 Å². The number of aliphatic hydroxyl groups excluding tert-OH is 1. The number of hydrogen-bond donors (Lipinski definition) is 3. The van der Waals surface area contributed by atoms with Gasteiger partial charge in [0, 0.05) is 25.7 Å². The Bertz CT molecular complexity index is 1920. The number of carbonyl (C=O) groups excluding carboxylic acids is 4. The summed E-state index contributed by atoms with van der Waals surface area (Å²) in [5.41, 5.74) is 0. The van der Waals surface area contributed by atoms with Crippen LogP contribution in [0.2, 0.25) is 0 Å². The molecule has 0 rings (SSSR count). The van der Waals surface area contributed by atoms with Crippen LogP contribution in [0, 0.1) is 23.7 Å². The van der Waals surface area contributed by atoms with Crippen LogP contribution in [-0.4, -0.2) is 96.7 Å². The number of ether oxygens (including phenoxy) is 4. The van der Waals surface area contributed by atoms with Gasteiger partial charge in [-0.1, -0.05) is 351 Å². The molecule has 0 aliphatic rings. The van der Waals surface area contributed by atoms with Gasteiger partial charge >= 0.3 is 39.5 Å². The maximum absolute atomic E-state index is 13.1. The van der Waals surface area contributed by atoms with Crippen LogP contribution >= 0.6 is 15.6 Å². The quantitative estimate of drug-likeness (QED) is 0.0222. The highest BCUT2D eigenvalue weighted by Crippen LogP contribution is 2.45. The van der Waals surface area contributed by atoms with E-state index in [-0.39, 0.29) is 25.7 Å². The molecule has 0 saturated carbocycles. The summed E-state index contributed by atoms with van der Waals surface area (Å²) in [7, 11) is -9.92. The first-order valence-corrected chi connectivity index (χ1v) is 43.7. The standard InChI is InChI=1S/C79H154O17P2/c1-9-72(8)58-50-42-34-25-21-17-14-15-18-22-26-35-43-51-59-76(81)89-65-74(95-78(83)61-53-45-37-27-23-19-13-11-10-12-16-20-24-31-39-47-55-69(2)3)67-93-97(85,86)91-63-73(80)64-92-98(87,88)94-68-75(96-79(84)62-54-46-38-30-33-41-49-57-71(6)7)66-90-77(82)60-52-44-36-29-28-32-40-48-56-70(4)5/h69-75,80H,9-68H2,1-8H3,(H,85,86)(H,87,88)/t72?,73?,74-,75-/m1/s1. The smallest absolute Gasteiger partial charge is 0.462 e. The molecule has 0 spiro atoms. The molecule has 6 atom stereocenters. The van der Waals surface area contributed by atoms with Gasteiger partial charge in [0.15, 0.2) is 12.2 Å². The van der Waals surface area contributed by atoms with Gasteiger partial charge in [-0.25, -0.2) is 9.13 Å². The lowest BCUT2D eigenvalue weighted by molar-refractivity contribution is -0.161. The first-order valence-electron chi connectivity index (χ1n) is 40.7. The number of unbranched alkanes of at least 4 members (excludes halogenated alkanes) is 41. The molecule has 0 aliphatic heterocycles. The summed E-state index contributed by atoms with van der Waals surface area (Å²) in [4.78, 5) is 72.9. The highest BCUT2D eigenvalue weighted by Gasteiger charge is 2.30. The van der Waals surface area contributed by atoms with Gasteiger partial charge in [-0.2, -0.15) is 0 Å². The van der Waals surface area contributed by atoms with E-state index < -0.39 is 97.5 Å². The van der Waals surface area contributed by atoms with E-state index >= 15 is 0 Å². The van der Waals surface area contributed by atoms with Crippen LogP contribution in [-0.2, 0) is 65.4 Å². The number of phosphoric acid groups is 2. The molecule has 0 heterocycles. The van der Waals surface area contributed by atoms with Crippen molar-refractivity contribution in [3.05, 3.63) is 0 Å². The molecule has 0 aliphatic carbocycles. The van der Waals surface area contributed by atoms with Gasteiger partial charge in [-0.15, -0.1) is 0 Å². The molecule has 582 valence electrons. The molecule has 0 bridgehead atoms. The largest absolute Gasteiger partial charge is 0.472 e. The van der Waals surface area contributed by atoms with E-state index in [2.05, 4.69) is 55.4 Å². The van der Waals surface area contributed by atoms with E-state index in [0.717, 1.165) is 108 Å². The van der Waals surface area contributed by atoms with Gasteiger partial charge in [0.05, 0.1) is 26.4 Å². The zero-order valence-corrected chi connectivity index (χ0v) is 66.2. The highest BCUT2D eigenvalue weighted by atomic mass is 31.2. The Morgan fingerprint density at radius 3 is 0.724 bits per heavy atom. The van der Waals surface area contributed by atoms with Crippen molar-refractivity contribution in [2.45, 2.75) is 420 Å². The van der Waals surface area contributed by atoms with Gasteiger partial charge in [0.25, 0.3) is 0 Å². The lowest BCUT2D eigenvalue weighted by atomic mass is 9.99. The molecule has 3 N–H and O–H groups in total. The molecule has 4 unspecified atom stereocenters. The van der Waals surface area contributed by atoms with Crippen molar-refractivity contribution in [1.29, 1.82) is 0 Å². The topological polar surface area (TPSA) is 237 Å². The second kappa shape index (κ2) is 68.2. The Kier molecular flexibility index (Phi) is 66.8. The minimum atomic E-state index is -4.96. The number of aliphatic hydroxyl groups is 1. The van der Waals surface area contributed by atoms with Crippen molar-refractivity contribution < 1.29 is 80.2 Å². The molecule has 0 fully saturated rings. The maximum atomic E-state index is 13.1. The zero-order valence-electron chi connectivity index (χ0n) is 64.4. The number of phosphoric ester groups is 2. The zero-order chi connectivity index (χ0) is 72.4. The van der Waals surface area contributed by atoms with E-state index in [1.807, 2.05) is 0 Å². The van der Waals surface area contributed by atoms with E-state index in [1.165, 1.54) is 205 Å². The number of hydrogen-bond acceptors (Lipinski definition) is 15. The van der Waals surface area contributed by atoms with E-state index in [9.17, 15) is 43.2 Å². The van der Waals surface area contributed by atoms with E-state index in [0.29, 0.717) is 31.6 Å². The lowest BCUT2D eigenvalue weighted by Crippen LogP contribution is -2.30. The van der Waals surface area contributed by atoms with Gasteiger partial charge in [-0.05, 0) is 49.4 Å². The Morgan fingerprint density at radius 2 is 0.490 bits per heavy atom. The van der Waals surface area contributed by atoms with Crippen molar-refractivity contribution in [2.24, 2.45) is 23.7 Å². The van der Waals surface area contributed by atoms with Crippen molar-refractivity contribution in [3.63, 3.8) is 0 Å². The third kappa shape index (κ3) is 71.1.